The molecule has 2 aromatic rings. The van der Waals surface area contributed by atoms with Gasteiger partial charge in [-0.25, -0.2) is 0 Å². The van der Waals surface area contributed by atoms with Crippen LogP contribution in [0.3, 0.4) is 0 Å². The molecule has 3 N–H and O–H groups in total. The number of non-ortho nitro benzene ring substituents is 1. The molecule has 0 aliphatic heterocycles. The Morgan fingerprint density at radius 2 is 1.83 bits per heavy atom. The zero-order valence-corrected chi connectivity index (χ0v) is 14.0. The van der Waals surface area contributed by atoms with Crippen molar-refractivity contribution in [3.05, 3.63) is 66.7 Å². The number of phenols is 1. The maximum atomic E-state index is 10.5. The van der Waals surface area contributed by atoms with Crippen molar-refractivity contribution < 1.29 is 15.0 Å². The molecule has 2 aromatic carbocycles. The van der Waals surface area contributed by atoms with Crippen LogP contribution in [0.1, 0.15) is 5.56 Å². The number of hydrogen-bond acceptors (Lipinski definition) is 7. The first-order chi connectivity index (χ1) is 11.3. The summed E-state index contributed by atoms with van der Waals surface area (Å²) >= 11 is 3.22. The minimum absolute atomic E-state index is 0.137. The van der Waals surface area contributed by atoms with E-state index in [-0.39, 0.29) is 22.8 Å². The average Bonchev–Trinajstić information content (AvgIpc) is 2.56. The molecule has 0 radical (unpaired) electrons. The Bertz CT molecular complexity index is 782. The molecule has 24 heavy (non-hydrogen) atoms. The van der Waals surface area contributed by atoms with E-state index in [4.69, 9.17) is 10.5 Å². The summed E-state index contributed by atoms with van der Waals surface area (Å²) in [4.78, 5) is 19.5. The van der Waals surface area contributed by atoms with Crippen LogP contribution in [0.15, 0.2) is 40.9 Å². The first kappa shape index (κ1) is 19.0. The van der Waals surface area contributed by atoms with Crippen LogP contribution in [0.2, 0.25) is 0 Å². The van der Waals surface area contributed by atoms with Crippen molar-refractivity contribution in [3.8, 4) is 5.75 Å². The Labute approximate surface area is 144 Å². The smallest absolute Gasteiger partial charge is 0.299 e. The summed E-state index contributed by atoms with van der Waals surface area (Å²) in [5, 5.41) is 39.4. The van der Waals surface area contributed by atoms with E-state index in [2.05, 4.69) is 21.2 Å². The molecule has 0 bridgehead atoms. The zero-order valence-electron chi connectivity index (χ0n) is 12.4. The summed E-state index contributed by atoms with van der Waals surface area (Å²) in [7, 11) is 1.51. The van der Waals surface area contributed by atoms with Crippen LogP contribution >= 0.6 is 15.9 Å². The van der Waals surface area contributed by atoms with Gasteiger partial charge in [-0.15, -0.1) is 0 Å². The fourth-order valence-electron chi connectivity index (χ4n) is 1.64. The van der Waals surface area contributed by atoms with Gasteiger partial charge in [-0.3, -0.25) is 20.2 Å². The molecule has 126 valence electrons. The van der Waals surface area contributed by atoms with Gasteiger partial charge in [0, 0.05) is 29.4 Å². The van der Waals surface area contributed by atoms with Gasteiger partial charge in [-0.05, 0) is 24.3 Å². The lowest BCUT2D eigenvalue weighted by molar-refractivity contribution is -0.393. The molecule has 0 saturated carbocycles. The monoisotopic (exact) mass is 396 g/mol. The normalized spacial score (nSPS) is 9.42. The second-order valence-corrected chi connectivity index (χ2v) is 5.23. The summed E-state index contributed by atoms with van der Waals surface area (Å²) in [5.41, 5.74) is 0.173. The summed E-state index contributed by atoms with van der Waals surface area (Å²) in [6, 6.07) is 8.38. The van der Waals surface area contributed by atoms with E-state index in [1.54, 1.807) is 18.2 Å². The van der Waals surface area contributed by atoms with Gasteiger partial charge in [0.25, 0.3) is 11.4 Å². The van der Waals surface area contributed by atoms with Gasteiger partial charge in [-0.1, -0.05) is 15.9 Å². The summed E-state index contributed by atoms with van der Waals surface area (Å²) < 4.78 is 0.865. The maximum absolute atomic E-state index is 10.5. The molecule has 9 nitrogen and oxygen atoms in total. The molecular weight excluding hydrogens is 384 g/mol. The van der Waals surface area contributed by atoms with Crippen molar-refractivity contribution in [2.24, 2.45) is 0 Å². The van der Waals surface area contributed by atoms with Gasteiger partial charge < -0.3 is 15.8 Å². The van der Waals surface area contributed by atoms with E-state index < -0.39 is 9.85 Å². The van der Waals surface area contributed by atoms with Crippen LogP contribution in [0.25, 0.3) is 0 Å². The quantitative estimate of drug-likeness (QED) is 0.408. The van der Waals surface area contributed by atoms with Crippen molar-refractivity contribution >= 4 is 39.2 Å². The van der Waals surface area contributed by atoms with Crippen LogP contribution in [0, 0.1) is 25.6 Å². The van der Waals surface area contributed by atoms with Gasteiger partial charge >= 0.3 is 0 Å². The summed E-state index contributed by atoms with van der Waals surface area (Å²) in [5.74, 6) is 0.137. The molecule has 2 rings (SSSR count). The molecule has 0 heterocycles. The van der Waals surface area contributed by atoms with Crippen LogP contribution in [-0.2, 0) is 0 Å². The number of nitro groups is 2. The highest BCUT2D eigenvalue weighted by Gasteiger charge is 2.18. The highest BCUT2D eigenvalue weighted by atomic mass is 79.9. The SMILES string of the molecule is CNc1ccc([N+](=O)[O-])cc1[N+](=O)[O-].N=Cc1cc(Br)ccc1O. The van der Waals surface area contributed by atoms with E-state index in [0.717, 1.165) is 16.8 Å². The fraction of sp³-hybridized carbons (Fsp3) is 0.0714. The Hall–Kier alpha value is -3.01. The summed E-state index contributed by atoms with van der Waals surface area (Å²) in [6.07, 6.45) is 1.11. The van der Waals surface area contributed by atoms with Gasteiger partial charge in [0.15, 0.2) is 0 Å². The minimum atomic E-state index is -0.674. The third-order valence-corrected chi connectivity index (χ3v) is 3.30. The van der Waals surface area contributed by atoms with Gasteiger partial charge in [-0.2, -0.15) is 0 Å². The Kier molecular flexibility index (Phi) is 6.80. The Balaban J connectivity index is 0.000000254. The first-order valence-corrected chi connectivity index (χ1v) is 7.19. The molecule has 0 aromatic heterocycles. The Morgan fingerprint density at radius 3 is 2.29 bits per heavy atom. The first-order valence-electron chi connectivity index (χ1n) is 6.39. The van der Waals surface area contributed by atoms with Crippen molar-refractivity contribution in [2.75, 3.05) is 12.4 Å². The largest absolute Gasteiger partial charge is 0.507 e. The topological polar surface area (TPSA) is 142 Å². The number of phenolic OH excluding ortho intramolecular Hbond substituents is 1. The van der Waals surface area contributed by atoms with E-state index in [1.807, 2.05) is 0 Å². The van der Waals surface area contributed by atoms with E-state index in [1.165, 1.54) is 19.2 Å². The maximum Gasteiger partial charge on any atom is 0.299 e. The average molecular weight is 397 g/mol. The Morgan fingerprint density at radius 1 is 1.17 bits per heavy atom. The van der Waals surface area contributed by atoms with Crippen molar-refractivity contribution in [1.82, 2.24) is 0 Å². The molecule has 0 aliphatic rings. The van der Waals surface area contributed by atoms with Crippen LogP contribution in [0.4, 0.5) is 17.1 Å². The minimum Gasteiger partial charge on any atom is -0.507 e. The molecule has 0 amide bonds. The third kappa shape index (κ3) is 5.02. The molecule has 0 unspecified atom stereocenters. The number of hydrogen-bond donors (Lipinski definition) is 3. The standard InChI is InChI=1S/C7H6BrNO.C7H7N3O4/c8-6-1-2-7(10)5(3-6)4-9;1-8-6-3-2-5(9(11)12)4-7(6)10(13)14/h1-4,9-10H;2-4,8H,1H3. The van der Waals surface area contributed by atoms with Gasteiger partial charge in [0.1, 0.15) is 11.4 Å². The highest BCUT2D eigenvalue weighted by molar-refractivity contribution is 9.10. The van der Waals surface area contributed by atoms with Gasteiger partial charge in [0.2, 0.25) is 0 Å². The number of anilines is 1. The van der Waals surface area contributed by atoms with Crippen molar-refractivity contribution in [3.63, 3.8) is 0 Å². The second kappa shape index (κ2) is 8.58. The molecule has 0 spiro atoms. The molecule has 0 fully saturated rings. The second-order valence-electron chi connectivity index (χ2n) is 4.31. The lowest BCUT2D eigenvalue weighted by Crippen LogP contribution is -1.98. The number of nitro benzene ring substituents is 2. The van der Waals surface area contributed by atoms with Crippen LogP contribution in [-0.4, -0.2) is 28.2 Å². The molecule has 10 heteroatoms. The number of nitrogens with one attached hydrogen (secondary N) is 2. The van der Waals surface area contributed by atoms with Crippen molar-refractivity contribution in [2.45, 2.75) is 0 Å². The van der Waals surface area contributed by atoms with E-state index in [9.17, 15) is 20.2 Å². The van der Waals surface area contributed by atoms with Crippen LogP contribution < -0.4 is 5.32 Å². The number of halogens is 1. The third-order valence-electron chi connectivity index (χ3n) is 2.80. The van der Waals surface area contributed by atoms with E-state index >= 15 is 0 Å². The molecule has 0 atom stereocenters. The zero-order chi connectivity index (χ0) is 18.3. The van der Waals surface area contributed by atoms with E-state index in [0.29, 0.717) is 5.56 Å². The van der Waals surface area contributed by atoms with Gasteiger partial charge in [0.05, 0.1) is 15.9 Å². The lowest BCUT2D eigenvalue weighted by atomic mass is 10.2. The predicted molar refractivity (Wildman–Crippen MR) is 93.0 cm³/mol. The summed E-state index contributed by atoms with van der Waals surface area (Å²) in [6.45, 7) is 0. The highest BCUT2D eigenvalue weighted by Crippen LogP contribution is 2.28. The fourth-order valence-corrected chi connectivity index (χ4v) is 2.02. The number of rotatable bonds is 4. The van der Waals surface area contributed by atoms with Crippen LogP contribution in [0.5, 0.6) is 5.75 Å². The van der Waals surface area contributed by atoms with Crippen molar-refractivity contribution in [1.29, 1.82) is 5.41 Å². The molecule has 0 aliphatic carbocycles. The molecule has 0 saturated heterocycles. The lowest BCUT2D eigenvalue weighted by Gasteiger charge is -2.00. The number of aromatic hydroxyl groups is 1. The number of benzene rings is 2. The molecular formula is C14H13BrN4O5. The number of nitrogens with zero attached hydrogens (tertiary/aromatic N) is 2. The predicted octanol–water partition coefficient (Wildman–Crippen LogP) is 3.70.